The zero-order valence-corrected chi connectivity index (χ0v) is 22.8. The van der Waals surface area contributed by atoms with Gasteiger partial charge in [-0.1, -0.05) is 51.5 Å². The summed E-state index contributed by atoms with van der Waals surface area (Å²) in [6.07, 6.45) is 9.81. The van der Waals surface area contributed by atoms with E-state index in [4.69, 9.17) is 0 Å². The molecule has 0 bridgehead atoms. The highest BCUT2D eigenvalue weighted by Crippen LogP contribution is 2.61. The normalized spacial score (nSPS) is 34.5. The first-order valence-corrected chi connectivity index (χ1v) is 14.0. The zero-order valence-electron chi connectivity index (χ0n) is 21.9. The minimum Gasteiger partial charge on any atom is -0.394 e. The number of nitrogens with zero attached hydrogens (tertiary/aromatic N) is 3. The van der Waals surface area contributed by atoms with Gasteiger partial charge in [-0.3, -0.25) is 14.4 Å². The smallest absolute Gasteiger partial charge is 0.247 e. The molecule has 3 amide bonds. The highest BCUT2D eigenvalue weighted by atomic mass is 32.2. The number of likely N-dealkylation sites (tertiary alicyclic amines) is 1. The number of aliphatic hydroxyl groups is 1. The van der Waals surface area contributed by atoms with Crippen LogP contribution in [0.3, 0.4) is 0 Å². The van der Waals surface area contributed by atoms with Gasteiger partial charge in [0.05, 0.1) is 29.2 Å². The number of amides is 3. The molecule has 0 aromatic heterocycles. The van der Waals surface area contributed by atoms with Crippen LogP contribution >= 0.6 is 11.8 Å². The fourth-order valence-corrected chi connectivity index (χ4v) is 8.37. The lowest BCUT2D eigenvalue weighted by atomic mass is 9.78. The summed E-state index contributed by atoms with van der Waals surface area (Å²) in [5, 5.41) is 10.3. The topological polar surface area (TPSA) is 81.2 Å². The lowest BCUT2D eigenvalue weighted by Crippen LogP contribution is -2.60. The molecule has 2 saturated heterocycles. The first-order chi connectivity index (χ1) is 16.5. The third-order valence-electron chi connectivity index (χ3n) is 8.33. The van der Waals surface area contributed by atoms with Crippen LogP contribution in [0.5, 0.6) is 0 Å². The molecule has 0 radical (unpaired) electrons. The van der Waals surface area contributed by atoms with Crippen molar-refractivity contribution in [2.45, 2.75) is 82.0 Å². The van der Waals surface area contributed by atoms with Crippen LogP contribution in [0.25, 0.3) is 0 Å². The second-order valence-corrected chi connectivity index (χ2v) is 12.9. The summed E-state index contributed by atoms with van der Waals surface area (Å²) in [4.78, 5) is 47.9. The minimum atomic E-state index is -0.834. The van der Waals surface area contributed by atoms with Gasteiger partial charge in [0, 0.05) is 30.4 Å². The number of hydrogen-bond donors (Lipinski definition) is 1. The summed E-state index contributed by atoms with van der Waals surface area (Å²) in [7, 11) is 0. The quantitative estimate of drug-likeness (QED) is 0.564. The molecule has 4 rings (SSSR count). The Morgan fingerprint density at radius 3 is 2.43 bits per heavy atom. The van der Waals surface area contributed by atoms with E-state index < -0.39 is 34.2 Å². The molecule has 4 aliphatic rings. The van der Waals surface area contributed by atoms with Gasteiger partial charge in [0.2, 0.25) is 17.7 Å². The number of carbonyl (C=O) groups is 3. The minimum absolute atomic E-state index is 0.00652. The lowest BCUT2D eigenvalue weighted by molar-refractivity contribution is -0.149. The van der Waals surface area contributed by atoms with Crippen molar-refractivity contribution >= 4 is 29.5 Å². The van der Waals surface area contributed by atoms with Gasteiger partial charge in [-0.25, -0.2) is 0 Å². The fraction of sp³-hybridized carbons (Fsp3) is 0.741. The maximum atomic E-state index is 14.4. The number of rotatable bonds is 6. The van der Waals surface area contributed by atoms with Crippen molar-refractivity contribution in [1.82, 2.24) is 14.7 Å². The largest absolute Gasteiger partial charge is 0.394 e. The summed E-state index contributed by atoms with van der Waals surface area (Å²) >= 11 is 1.61. The third kappa shape index (κ3) is 4.05. The average Bonchev–Trinajstić information content (AvgIpc) is 3.11. The first kappa shape index (κ1) is 26.3. The van der Waals surface area contributed by atoms with E-state index in [0.717, 1.165) is 12.8 Å². The van der Waals surface area contributed by atoms with Crippen LogP contribution in [0.4, 0.5) is 0 Å². The molecule has 4 heterocycles. The summed E-state index contributed by atoms with van der Waals surface area (Å²) in [5.41, 5.74) is -0.425. The molecule has 2 fully saturated rings. The highest BCUT2D eigenvalue weighted by molar-refractivity contribution is 8.02. The number of hydrogen-bond acceptors (Lipinski definition) is 5. The van der Waals surface area contributed by atoms with Gasteiger partial charge < -0.3 is 19.8 Å². The van der Waals surface area contributed by atoms with E-state index in [2.05, 4.69) is 19.1 Å². The molecule has 4 aliphatic heterocycles. The molecule has 7 atom stereocenters. The molecule has 7 nitrogen and oxygen atoms in total. The number of fused-ring (bicyclic) bond motifs is 2. The molecule has 0 aliphatic carbocycles. The second-order valence-electron chi connectivity index (χ2n) is 11.5. The predicted molar refractivity (Wildman–Crippen MR) is 139 cm³/mol. The van der Waals surface area contributed by atoms with Crippen molar-refractivity contribution in [2.24, 2.45) is 17.8 Å². The molecular formula is C27H41N3O4S. The molecule has 0 saturated carbocycles. The second kappa shape index (κ2) is 9.58. The molecule has 35 heavy (non-hydrogen) atoms. The number of aliphatic hydroxyl groups excluding tert-OH is 1. The van der Waals surface area contributed by atoms with Crippen LogP contribution in [0, 0.1) is 17.8 Å². The molecule has 1 spiro atoms. The maximum Gasteiger partial charge on any atom is 0.247 e. The van der Waals surface area contributed by atoms with Crippen molar-refractivity contribution < 1.29 is 19.5 Å². The summed E-state index contributed by atoms with van der Waals surface area (Å²) < 4.78 is -0.834. The highest BCUT2D eigenvalue weighted by Gasteiger charge is 2.72. The van der Waals surface area contributed by atoms with Crippen LogP contribution in [0.15, 0.2) is 24.3 Å². The van der Waals surface area contributed by atoms with Crippen molar-refractivity contribution in [3.8, 4) is 0 Å². The Morgan fingerprint density at radius 2 is 1.83 bits per heavy atom. The van der Waals surface area contributed by atoms with Crippen molar-refractivity contribution in [3.63, 3.8) is 0 Å². The molecular weight excluding hydrogens is 462 g/mol. The Morgan fingerprint density at radius 1 is 1.11 bits per heavy atom. The van der Waals surface area contributed by atoms with Gasteiger partial charge in [0.15, 0.2) is 0 Å². The maximum absolute atomic E-state index is 14.4. The Hall–Kier alpha value is -1.80. The monoisotopic (exact) mass is 503 g/mol. The van der Waals surface area contributed by atoms with E-state index in [1.54, 1.807) is 16.7 Å². The average molecular weight is 504 g/mol. The predicted octanol–water partition coefficient (Wildman–Crippen LogP) is 2.70. The molecule has 0 aromatic carbocycles. The van der Waals surface area contributed by atoms with E-state index in [-0.39, 0.29) is 35.5 Å². The van der Waals surface area contributed by atoms with E-state index >= 15 is 0 Å². The van der Waals surface area contributed by atoms with Crippen LogP contribution in [-0.4, -0.2) is 91.4 Å². The first-order valence-electron chi connectivity index (χ1n) is 13.1. The van der Waals surface area contributed by atoms with E-state index in [1.807, 2.05) is 56.6 Å². The van der Waals surface area contributed by atoms with Gasteiger partial charge >= 0.3 is 0 Å². The zero-order chi connectivity index (χ0) is 25.7. The van der Waals surface area contributed by atoms with Crippen molar-refractivity contribution in [2.75, 3.05) is 26.2 Å². The van der Waals surface area contributed by atoms with Gasteiger partial charge in [0.1, 0.15) is 6.04 Å². The SMILES string of the molecule is CCCN1CC=C[C@@H]2S[C@]34C=CCN(C(C)(C)C)C(=O)C3N([C@@H](CO)[C@@H](C)CC)C(=O)[C@@H]4[C@@H]2C1=O. The van der Waals surface area contributed by atoms with Crippen molar-refractivity contribution in [3.05, 3.63) is 24.3 Å². The Labute approximate surface area is 214 Å². The number of thioether (sulfide) groups is 1. The molecule has 8 heteroatoms. The summed E-state index contributed by atoms with van der Waals surface area (Å²) in [5.74, 6) is -1.37. The van der Waals surface area contributed by atoms with Gasteiger partial charge in [-0.2, -0.15) is 0 Å². The summed E-state index contributed by atoms with van der Waals surface area (Å²) in [6, 6.07) is -1.22. The third-order valence-corrected chi connectivity index (χ3v) is 10.1. The van der Waals surface area contributed by atoms with E-state index in [1.165, 1.54) is 0 Å². The standard InChI is InChI=1S/C27H41N3O4S/c1-7-13-28-14-9-11-19-20(23(28)32)21-24(33)30(18(16-31)17(3)8-2)22-25(34)29(26(4,5)6)15-10-12-27(21,22)35-19/h9-12,17-22,31H,7-8,13-16H2,1-6H3/t17-,18-,19-,20+,21-,22?,27-/m0/s1. The van der Waals surface area contributed by atoms with Gasteiger partial charge in [-0.15, -0.1) is 11.8 Å². The van der Waals surface area contributed by atoms with Crippen molar-refractivity contribution in [1.29, 1.82) is 0 Å². The Balaban J connectivity index is 1.88. The van der Waals surface area contributed by atoms with E-state index in [9.17, 15) is 19.5 Å². The summed E-state index contributed by atoms with van der Waals surface area (Å²) in [6.45, 7) is 13.6. The molecule has 194 valence electrons. The van der Waals surface area contributed by atoms with Crippen LogP contribution in [0.2, 0.25) is 0 Å². The molecule has 1 unspecified atom stereocenters. The van der Waals surface area contributed by atoms with Gasteiger partial charge in [0.25, 0.3) is 0 Å². The van der Waals surface area contributed by atoms with Crippen LogP contribution in [-0.2, 0) is 14.4 Å². The number of carbonyl (C=O) groups excluding carboxylic acids is 3. The lowest BCUT2D eigenvalue weighted by Gasteiger charge is -2.43. The van der Waals surface area contributed by atoms with E-state index in [0.29, 0.717) is 19.6 Å². The Bertz CT molecular complexity index is 928. The Kier molecular flexibility index (Phi) is 7.19. The molecule has 1 N–H and O–H groups in total. The fourth-order valence-electron chi connectivity index (χ4n) is 6.37. The van der Waals surface area contributed by atoms with Crippen LogP contribution in [0.1, 0.15) is 54.4 Å². The van der Waals surface area contributed by atoms with Gasteiger partial charge in [-0.05, 0) is 33.1 Å². The molecule has 0 aromatic rings. The van der Waals surface area contributed by atoms with Crippen LogP contribution < -0.4 is 0 Å².